The molecule has 2 aromatic heterocycles. The van der Waals surface area contributed by atoms with Gasteiger partial charge in [0.25, 0.3) is 5.91 Å². The number of nitrogens with zero attached hydrogens (tertiary/aromatic N) is 4. The molecule has 0 saturated heterocycles. The lowest BCUT2D eigenvalue weighted by molar-refractivity contribution is 0.0951. The van der Waals surface area contributed by atoms with E-state index in [9.17, 15) is 22.0 Å². The van der Waals surface area contributed by atoms with Crippen molar-refractivity contribution in [2.24, 2.45) is 0 Å². The fourth-order valence-electron chi connectivity index (χ4n) is 2.85. The number of aryl methyl sites for hydroxylation is 2. The predicted octanol–water partition coefficient (Wildman–Crippen LogP) is 2.12. The maximum atomic E-state index is 12.9. The number of halogens is 2. The third kappa shape index (κ3) is 5.02. The first-order valence-electron chi connectivity index (χ1n) is 9.19. The smallest absolute Gasteiger partial charge is 0.341 e. The van der Waals surface area contributed by atoms with Gasteiger partial charge in [-0.1, -0.05) is 12.1 Å². The van der Waals surface area contributed by atoms with Gasteiger partial charge in [0.1, 0.15) is 23.3 Å². The zero-order valence-electron chi connectivity index (χ0n) is 16.7. The van der Waals surface area contributed by atoms with E-state index in [0.29, 0.717) is 17.5 Å². The van der Waals surface area contributed by atoms with Gasteiger partial charge in [0.2, 0.25) is 9.84 Å². The van der Waals surface area contributed by atoms with Crippen LogP contribution in [0, 0.1) is 13.8 Å². The molecule has 0 spiro atoms. The van der Waals surface area contributed by atoms with Crippen LogP contribution in [0.1, 0.15) is 22.0 Å². The molecule has 0 aliphatic rings. The van der Waals surface area contributed by atoms with Crippen molar-refractivity contribution in [1.82, 2.24) is 24.8 Å². The Morgan fingerprint density at radius 3 is 2.58 bits per heavy atom. The summed E-state index contributed by atoms with van der Waals surface area (Å²) in [6.07, 6.45) is 3.42. The van der Waals surface area contributed by atoms with Crippen molar-refractivity contribution in [3.8, 4) is 5.82 Å². The highest BCUT2D eigenvalue weighted by Gasteiger charge is 2.30. The summed E-state index contributed by atoms with van der Waals surface area (Å²) in [5.74, 6) is -1.95. The van der Waals surface area contributed by atoms with Gasteiger partial charge in [0, 0.05) is 31.5 Å². The summed E-state index contributed by atoms with van der Waals surface area (Å²) in [6.45, 7) is 3.94. The molecule has 0 unspecified atom stereocenters. The molecular weight excluding hydrogens is 430 g/mol. The summed E-state index contributed by atoms with van der Waals surface area (Å²) in [6, 6.07) is 6.57. The van der Waals surface area contributed by atoms with Gasteiger partial charge in [-0.05, 0) is 26.0 Å². The predicted molar refractivity (Wildman–Crippen MR) is 109 cm³/mol. The van der Waals surface area contributed by atoms with Crippen LogP contribution in [-0.4, -0.2) is 52.7 Å². The monoisotopic (exact) mass is 450 g/mol. The normalized spacial score (nSPS) is 11.5. The largest absolute Gasteiger partial charge is 0.368 e. The third-order valence-electron chi connectivity index (χ3n) is 4.29. The number of amides is 1. The van der Waals surface area contributed by atoms with E-state index >= 15 is 0 Å². The summed E-state index contributed by atoms with van der Waals surface area (Å²) >= 11 is 0. The Morgan fingerprint density at radius 1 is 1.16 bits per heavy atom. The number of nitrogens with one attached hydrogen (secondary N) is 2. The summed E-state index contributed by atoms with van der Waals surface area (Å²) in [5.41, 5.74) is -0.335. The zero-order chi connectivity index (χ0) is 22.6. The molecule has 0 bridgehead atoms. The molecule has 2 N–H and O–H groups in total. The second kappa shape index (κ2) is 9.16. The van der Waals surface area contributed by atoms with Gasteiger partial charge in [-0.3, -0.25) is 9.36 Å². The maximum Gasteiger partial charge on any atom is 0.341 e. The van der Waals surface area contributed by atoms with Crippen molar-refractivity contribution in [2.45, 2.75) is 24.5 Å². The number of imidazole rings is 1. The lowest BCUT2D eigenvalue weighted by atomic mass is 10.2. The van der Waals surface area contributed by atoms with Gasteiger partial charge in [0.15, 0.2) is 0 Å². The summed E-state index contributed by atoms with van der Waals surface area (Å²) in [4.78, 5) is 24.5. The minimum Gasteiger partial charge on any atom is -0.368 e. The molecule has 2 heterocycles. The molecule has 3 rings (SSSR count). The number of sulfone groups is 1. The van der Waals surface area contributed by atoms with E-state index in [2.05, 4.69) is 25.6 Å². The minimum atomic E-state index is -4.89. The SMILES string of the molecule is Cc1nc(NCCNC(=O)c2ccccc2S(=O)(=O)C(F)F)cc(-n2ccnc2C)n1. The van der Waals surface area contributed by atoms with Crippen LogP contribution in [0.5, 0.6) is 0 Å². The van der Waals surface area contributed by atoms with Gasteiger partial charge in [-0.2, -0.15) is 8.78 Å². The van der Waals surface area contributed by atoms with Crippen LogP contribution in [0.2, 0.25) is 0 Å². The quantitative estimate of drug-likeness (QED) is 0.505. The average Bonchev–Trinajstić information content (AvgIpc) is 3.16. The van der Waals surface area contributed by atoms with Crippen molar-refractivity contribution in [3.05, 3.63) is 59.9 Å². The van der Waals surface area contributed by atoms with Gasteiger partial charge >= 0.3 is 5.76 Å². The van der Waals surface area contributed by atoms with Crippen molar-refractivity contribution in [2.75, 3.05) is 18.4 Å². The van der Waals surface area contributed by atoms with E-state index in [1.807, 2.05) is 6.92 Å². The number of rotatable bonds is 8. The van der Waals surface area contributed by atoms with Gasteiger partial charge in [-0.15, -0.1) is 0 Å². The van der Waals surface area contributed by atoms with Gasteiger partial charge in [-0.25, -0.2) is 23.4 Å². The van der Waals surface area contributed by atoms with Crippen LogP contribution < -0.4 is 10.6 Å². The van der Waals surface area contributed by atoms with Crippen LogP contribution in [0.15, 0.2) is 47.6 Å². The Labute approximate surface area is 177 Å². The lowest BCUT2D eigenvalue weighted by Crippen LogP contribution is -2.30. The molecule has 0 saturated carbocycles. The van der Waals surface area contributed by atoms with E-state index in [-0.39, 0.29) is 18.7 Å². The van der Waals surface area contributed by atoms with Crippen molar-refractivity contribution in [3.63, 3.8) is 0 Å². The van der Waals surface area contributed by atoms with E-state index in [1.54, 1.807) is 30.0 Å². The summed E-state index contributed by atoms with van der Waals surface area (Å²) < 4.78 is 51.1. The highest BCUT2D eigenvalue weighted by Crippen LogP contribution is 2.22. The molecule has 0 fully saturated rings. The first kappa shape index (κ1) is 22.3. The average molecular weight is 450 g/mol. The van der Waals surface area contributed by atoms with Crippen LogP contribution in [0.4, 0.5) is 14.6 Å². The Morgan fingerprint density at radius 2 is 1.90 bits per heavy atom. The molecule has 1 amide bonds. The molecule has 31 heavy (non-hydrogen) atoms. The summed E-state index contributed by atoms with van der Waals surface area (Å²) in [5, 5.41) is 5.56. The third-order valence-corrected chi connectivity index (χ3v) is 5.72. The lowest BCUT2D eigenvalue weighted by Gasteiger charge is -2.12. The fourth-order valence-corrected chi connectivity index (χ4v) is 3.77. The fraction of sp³-hybridized carbons (Fsp3) is 0.263. The molecule has 1 aromatic carbocycles. The molecule has 0 aliphatic heterocycles. The molecule has 0 aliphatic carbocycles. The minimum absolute atomic E-state index is 0.102. The van der Waals surface area contributed by atoms with Gasteiger partial charge in [0.05, 0.1) is 10.5 Å². The first-order chi connectivity index (χ1) is 14.7. The number of hydrogen-bond donors (Lipinski definition) is 2. The maximum absolute atomic E-state index is 12.9. The molecule has 3 aromatic rings. The molecule has 9 nitrogen and oxygen atoms in total. The Balaban J connectivity index is 1.64. The van der Waals surface area contributed by atoms with Gasteiger partial charge < -0.3 is 10.6 Å². The van der Waals surface area contributed by atoms with Crippen molar-refractivity contribution >= 4 is 21.6 Å². The zero-order valence-corrected chi connectivity index (χ0v) is 17.5. The van der Waals surface area contributed by atoms with Crippen LogP contribution in [-0.2, 0) is 9.84 Å². The highest BCUT2D eigenvalue weighted by atomic mass is 32.2. The Kier molecular flexibility index (Phi) is 6.59. The second-order valence-electron chi connectivity index (χ2n) is 6.49. The Hall–Kier alpha value is -3.41. The molecule has 0 radical (unpaired) electrons. The number of hydrogen-bond acceptors (Lipinski definition) is 7. The van der Waals surface area contributed by atoms with Crippen LogP contribution in [0.3, 0.4) is 0 Å². The van der Waals surface area contributed by atoms with Crippen molar-refractivity contribution in [1.29, 1.82) is 0 Å². The Bertz CT molecular complexity index is 1200. The number of carbonyl (C=O) groups excluding carboxylic acids is 1. The second-order valence-corrected chi connectivity index (χ2v) is 8.37. The number of aromatic nitrogens is 4. The van der Waals surface area contributed by atoms with E-state index in [0.717, 1.165) is 11.9 Å². The topological polar surface area (TPSA) is 119 Å². The molecule has 0 atom stereocenters. The summed E-state index contributed by atoms with van der Waals surface area (Å²) in [7, 11) is -4.89. The van der Waals surface area contributed by atoms with Crippen molar-refractivity contribution < 1.29 is 22.0 Å². The number of anilines is 1. The van der Waals surface area contributed by atoms with E-state index in [4.69, 9.17) is 0 Å². The molecular formula is C19H20F2N6O3S. The van der Waals surface area contributed by atoms with Crippen LogP contribution in [0.25, 0.3) is 5.82 Å². The number of carbonyl (C=O) groups is 1. The standard InChI is InChI=1S/C19H20F2N6O3S/c1-12-25-16(11-17(26-12)27-10-9-22-13(27)2)23-7-8-24-18(28)14-5-3-4-6-15(14)31(29,30)19(20)21/h3-6,9-11,19H,7-8H2,1-2H3,(H,24,28)(H,23,25,26). The number of alkyl halides is 2. The molecule has 12 heteroatoms. The van der Waals surface area contributed by atoms with E-state index in [1.165, 1.54) is 18.2 Å². The highest BCUT2D eigenvalue weighted by molar-refractivity contribution is 7.91. The first-order valence-corrected chi connectivity index (χ1v) is 10.7. The molecule has 164 valence electrons. The van der Waals surface area contributed by atoms with Crippen LogP contribution >= 0.6 is 0 Å². The van der Waals surface area contributed by atoms with E-state index < -0.39 is 26.4 Å². The number of benzene rings is 1.